The van der Waals surface area contributed by atoms with Gasteiger partial charge in [0, 0.05) is 141 Å². The molecule has 3 fully saturated rings. The van der Waals surface area contributed by atoms with Gasteiger partial charge in [-0.3, -0.25) is 58.8 Å². The van der Waals surface area contributed by atoms with E-state index in [4.69, 9.17) is 56.1 Å². The Labute approximate surface area is 710 Å². The Morgan fingerprint density at radius 1 is 0.525 bits per heavy atom. The molecule has 6 aromatic rings. The lowest BCUT2D eigenvalue weighted by Crippen LogP contribution is -2.53. The average Bonchev–Trinajstić information content (AvgIpc) is 1.23. The minimum absolute atomic E-state index is 0.0267. The number of carboxylic acids is 3. The number of carbonyl (C=O) groups excluding carboxylic acids is 3. The number of esters is 3. The third-order valence-electron chi connectivity index (χ3n) is 19.9. The van der Waals surface area contributed by atoms with Crippen molar-refractivity contribution in [3.8, 4) is 0 Å². The predicted molar refractivity (Wildman–Crippen MR) is 438 cm³/mol. The molecule has 0 bridgehead atoms. The Balaban J connectivity index is 0.000000186. The fraction of sp³-hybridized carbons (Fsp3) is 0.462. The summed E-state index contributed by atoms with van der Waals surface area (Å²) in [4.78, 5) is 110. The number of halogens is 10. The Kier molecular flexibility index (Phi) is 33.2. The van der Waals surface area contributed by atoms with Gasteiger partial charge >= 0.3 is 35.8 Å². The number of aliphatic imine (C=N–C) groups is 3. The van der Waals surface area contributed by atoms with E-state index in [0.717, 1.165) is 0 Å². The van der Waals surface area contributed by atoms with Crippen LogP contribution in [0, 0.1) is 35.2 Å². The van der Waals surface area contributed by atoms with Crippen LogP contribution in [0.5, 0.6) is 0 Å². The minimum atomic E-state index is -3.09. The lowest BCUT2D eigenvalue weighted by atomic mass is 9.91. The molecule has 0 saturated carbocycles. The molecule has 8 atom stereocenters. The van der Waals surface area contributed by atoms with Gasteiger partial charge in [-0.2, -0.15) is 0 Å². The van der Waals surface area contributed by atoms with Crippen molar-refractivity contribution in [2.75, 3.05) is 139 Å². The lowest BCUT2D eigenvalue weighted by Gasteiger charge is -2.40. The van der Waals surface area contributed by atoms with Crippen molar-refractivity contribution < 1.29 is 89.0 Å². The first-order chi connectivity index (χ1) is 56.3. The third-order valence-corrected chi connectivity index (χ3v) is 23.9. The molecule has 6 aliphatic rings. The molecule has 8 unspecified atom stereocenters. The van der Waals surface area contributed by atoms with Crippen LogP contribution in [-0.2, 0) is 43.0 Å². The molecule has 12 rings (SSSR count). The number of aromatic nitrogens is 3. The van der Waals surface area contributed by atoms with Gasteiger partial charge in [-0.25, -0.2) is 60.1 Å². The summed E-state index contributed by atoms with van der Waals surface area (Å²) in [6.07, 6.45) is 3.73. The number of carboxylic acid groups (broad SMARTS) is 3. The second kappa shape index (κ2) is 42.6. The number of likely N-dealkylation sites (tertiary alicyclic amines) is 3. The number of likely N-dealkylation sites (N-methyl/N-ethyl adjacent to an activating group) is 3. The second-order valence-electron chi connectivity index (χ2n) is 28.7. The zero-order chi connectivity index (χ0) is 85.2. The number of benzene rings is 3. The van der Waals surface area contributed by atoms with E-state index >= 15 is 17.6 Å². The number of nitrogens with zero attached hydrogens (tertiary/aromatic N) is 12. The molecule has 0 spiro atoms. The molecule has 27 nitrogen and oxygen atoms in total. The first-order valence-electron chi connectivity index (χ1n) is 37.6. The van der Waals surface area contributed by atoms with Crippen molar-refractivity contribution in [3.63, 3.8) is 0 Å². The summed E-state index contributed by atoms with van der Waals surface area (Å²) in [5.41, 5.74) is 3.47. The molecular formula is C78H89Br2ClF7N15O12S3. The van der Waals surface area contributed by atoms with Crippen molar-refractivity contribution in [2.45, 2.75) is 76.4 Å². The minimum Gasteiger partial charge on any atom is -0.480 e. The van der Waals surface area contributed by atoms with E-state index in [2.05, 4.69) is 62.8 Å². The Morgan fingerprint density at radius 2 is 0.864 bits per heavy atom. The molecule has 3 aromatic carbocycles. The number of hydrogen-bond acceptors (Lipinski definition) is 27. The molecule has 3 aromatic heterocycles. The SMILES string of the molecule is CCOC(=O)C1=C(CN2CCC(CN(C)CC(=O)O)C(F)(F)C2)NC(c2nccs2)=NC1c1ccc(F)cc1Br.CCOC(=O)C1=C(CN2CCC(CN(C)CC(=O)O)C(F)C2)NC(c2nccs2)=NC1c1ccc(F)cc1Br.CCOC(=O)C1=C(CN2CCC(CN(C)CC(=O)O)C(F)C2)NC(c2nccs2)=NC1c1ccc(F)cc1Cl. The highest BCUT2D eigenvalue weighted by Crippen LogP contribution is 2.43. The molecular weight excluding hydrogens is 1760 g/mol. The van der Waals surface area contributed by atoms with Crippen molar-refractivity contribution >= 4 is 131 Å². The van der Waals surface area contributed by atoms with Gasteiger partial charge in [-0.1, -0.05) is 61.7 Å². The fourth-order valence-corrected chi connectivity index (χ4v) is 17.8. The summed E-state index contributed by atoms with van der Waals surface area (Å²) in [6, 6.07) is 9.55. The van der Waals surface area contributed by atoms with Gasteiger partial charge in [0.15, 0.2) is 32.5 Å². The molecule has 0 aliphatic carbocycles. The van der Waals surface area contributed by atoms with E-state index in [0.29, 0.717) is 121 Å². The Bertz CT molecular complexity index is 4560. The van der Waals surface area contributed by atoms with E-state index in [1.165, 1.54) is 94.5 Å². The number of ether oxygens (including phenoxy) is 3. The zero-order valence-electron chi connectivity index (χ0n) is 65.0. The van der Waals surface area contributed by atoms with E-state index in [9.17, 15) is 41.9 Å². The summed E-state index contributed by atoms with van der Waals surface area (Å²) < 4.78 is 120. The average molecular weight is 1850 g/mol. The normalized spacial score (nSPS) is 21.7. The van der Waals surface area contributed by atoms with Gasteiger partial charge in [0.2, 0.25) is 0 Å². The van der Waals surface area contributed by atoms with Crippen LogP contribution in [0.25, 0.3) is 0 Å². The largest absolute Gasteiger partial charge is 0.480 e. The molecule has 6 N–H and O–H groups in total. The molecule has 636 valence electrons. The lowest BCUT2D eigenvalue weighted by molar-refractivity contribution is -0.141. The molecule has 0 radical (unpaired) electrons. The summed E-state index contributed by atoms with van der Waals surface area (Å²) >= 11 is 17.3. The third kappa shape index (κ3) is 24.6. The summed E-state index contributed by atoms with van der Waals surface area (Å²) in [5, 5.41) is 43.8. The van der Waals surface area contributed by atoms with Crippen LogP contribution >= 0.6 is 77.5 Å². The van der Waals surface area contributed by atoms with E-state index in [1.54, 1.807) is 85.0 Å². The number of piperidine rings is 3. The van der Waals surface area contributed by atoms with Gasteiger partial charge < -0.3 is 45.5 Å². The van der Waals surface area contributed by atoms with Gasteiger partial charge in [0.05, 0.1) is 62.7 Å². The van der Waals surface area contributed by atoms with Gasteiger partial charge in [0.25, 0.3) is 5.92 Å². The van der Waals surface area contributed by atoms with Crippen LogP contribution in [0.2, 0.25) is 5.02 Å². The van der Waals surface area contributed by atoms with E-state index in [1.807, 2.05) is 15.2 Å². The van der Waals surface area contributed by atoms with Crippen LogP contribution in [0.4, 0.5) is 30.7 Å². The van der Waals surface area contributed by atoms with E-state index in [-0.39, 0.29) is 119 Å². The number of carbonyl (C=O) groups is 6. The quantitative estimate of drug-likeness (QED) is 0.0139. The van der Waals surface area contributed by atoms with Gasteiger partial charge in [0.1, 0.15) is 47.9 Å². The molecule has 3 saturated heterocycles. The highest BCUT2D eigenvalue weighted by Gasteiger charge is 2.47. The summed E-state index contributed by atoms with van der Waals surface area (Å²) in [7, 11) is 4.84. The fourth-order valence-electron chi connectivity index (χ4n) is 14.6. The van der Waals surface area contributed by atoms with Crippen LogP contribution in [0.15, 0.2) is 147 Å². The van der Waals surface area contributed by atoms with Crippen LogP contribution in [0.1, 0.15) is 89.9 Å². The highest BCUT2D eigenvalue weighted by molar-refractivity contribution is 9.10. The number of nitrogens with one attached hydrogen (secondary N) is 3. The topological polar surface area (TPSA) is 322 Å². The predicted octanol–water partition coefficient (Wildman–Crippen LogP) is 11.1. The molecule has 6 aliphatic heterocycles. The highest BCUT2D eigenvalue weighted by atomic mass is 79.9. The Hall–Kier alpha value is -8.48. The maximum atomic E-state index is 15.3. The monoisotopic (exact) mass is 1850 g/mol. The van der Waals surface area contributed by atoms with E-state index < -0.39 is 102 Å². The Morgan fingerprint density at radius 3 is 1.19 bits per heavy atom. The number of amidine groups is 3. The first kappa shape index (κ1) is 91.8. The number of rotatable bonds is 30. The van der Waals surface area contributed by atoms with Crippen LogP contribution in [0.3, 0.4) is 0 Å². The second-order valence-corrected chi connectivity index (χ2v) is 33.5. The number of thiazole rings is 3. The van der Waals surface area contributed by atoms with Crippen molar-refractivity contribution in [3.05, 3.63) is 186 Å². The van der Waals surface area contributed by atoms with Crippen LogP contribution in [-0.4, -0.2) is 270 Å². The maximum absolute atomic E-state index is 15.3. The molecule has 40 heteroatoms. The standard InChI is InChI=1S/C26H29BrF3N5O4S.C26H30BrF2N5O4S.C26H30ClF2N5O4S/c1-3-39-25(38)21-19(12-35-8-6-15(26(29,30)14-35)11-34(2)13-20(36)37)32-23(24-31-7-9-40-24)33-22(21)17-5-4-16(28)10-18(17)27;2*1-3-38-26(37)22-20(13-34-8-6-15(19(29)12-34)11-33(2)14-21(35)36)31-24(25-30-7-9-39-25)32-23(22)17-5-4-16(28)10-18(17)27/h4-5,7,9-10,15,22H,3,6,8,11-14H2,1-2H3,(H,32,33)(H,36,37);2*4-5,7,9-10,15,19,23H,3,6,8,11-14H2,1-2H3,(H,31,32)(H,35,36). The molecule has 118 heavy (non-hydrogen) atoms. The smallest absolute Gasteiger partial charge is 0.338 e. The summed E-state index contributed by atoms with van der Waals surface area (Å²) in [5.74, 6) is -9.71. The molecule has 0 amide bonds. The maximum Gasteiger partial charge on any atom is 0.338 e. The molecule has 9 heterocycles. The number of alkyl halides is 4. The number of aliphatic carboxylic acids is 3. The summed E-state index contributed by atoms with van der Waals surface area (Å²) in [6.45, 7) is 6.90. The first-order valence-corrected chi connectivity index (χ1v) is 42.2. The van der Waals surface area contributed by atoms with Gasteiger partial charge in [-0.05, 0) is 128 Å². The van der Waals surface area contributed by atoms with Crippen molar-refractivity contribution in [2.24, 2.45) is 32.7 Å². The zero-order valence-corrected chi connectivity index (χ0v) is 71.4. The number of hydrogen-bond donors (Lipinski definition) is 6. The van der Waals surface area contributed by atoms with Gasteiger partial charge in [-0.15, -0.1) is 34.0 Å². The van der Waals surface area contributed by atoms with Crippen molar-refractivity contribution in [1.82, 2.24) is 60.3 Å². The van der Waals surface area contributed by atoms with Crippen molar-refractivity contribution in [1.29, 1.82) is 0 Å². The van der Waals surface area contributed by atoms with Crippen LogP contribution < -0.4 is 16.0 Å².